The Hall–Kier alpha value is -3.99. The molecule has 10 nitrogen and oxygen atoms in total. The first-order chi connectivity index (χ1) is 22.2. The lowest BCUT2D eigenvalue weighted by molar-refractivity contribution is -0.164. The van der Waals surface area contributed by atoms with E-state index >= 15 is 0 Å². The minimum absolute atomic E-state index is 0.0937. The fourth-order valence-electron chi connectivity index (χ4n) is 7.26. The number of likely N-dealkylation sites (tertiary alicyclic amines) is 1. The second kappa shape index (κ2) is 13.0. The molecule has 0 aromatic heterocycles. The van der Waals surface area contributed by atoms with E-state index in [0.29, 0.717) is 22.7 Å². The SMILES string of the molecule is C[C@H]1[C@H](c2ccccc2)OC(=O)[C@@H]2[C@H](/C=C\CCC(=O)N1C)O[C@@]13C=CCN(c4ccccc4Cl)C(=O)[C@@H]1N(CCCO)C(=O)[C@@H]23. The van der Waals surface area contributed by atoms with Crippen LogP contribution in [0, 0.1) is 11.8 Å². The molecule has 7 atom stereocenters. The zero-order chi connectivity index (χ0) is 32.6. The van der Waals surface area contributed by atoms with Crippen LogP contribution in [-0.2, 0) is 28.7 Å². The summed E-state index contributed by atoms with van der Waals surface area (Å²) in [4.78, 5) is 61.0. The van der Waals surface area contributed by atoms with Gasteiger partial charge in [-0.05, 0) is 37.5 Å². The topological polar surface area (TPSA) is 117 Å². The predicted molar refractivity (Wildman–Crippen MR) is 171 cm³/mol. The maximum Gasteiger partial charge on any atom is 0.313 e. The number of carbonyl (C=O) groups is 4. The fourth-order valence-corrected chi connectivity index (χ4v) is 7.49. The van der Waals surface area contributed by atoms with E-state index in [1.807, 2.05) is 37.3 Å². The number of nitrogens with zero attached hydrogens (tertiary/aromatic N) is 3. The summed E-state index contributed by atoms with van der Waals surface area (Å²) in [6, 6.07) is 14.6. The summed E-state index contributed by atoms with van der Waals surface area (Å²) in [5, 5.41) is 10.1. The number of hydrogen-bond donors (Lipinski definition) is 1. The number of para-hydroxylation sites is 1. The highest BCUT2D eigenvalue weighted by molar-refractivity contribution is 6.34. The van der Waals surface area contributed by atoms with E-state index in [2.05, 4.69) is 0 Å². The van der Waals surface area contributed by atoms with Crippen LogP contribution in [0.5, 0.6) is 0 Å². The minimum Gasteiger partial charge on any atom is -0.455 e. The summed E-state index contributed by atoms with van der Waals surface area (Å²) in [6.07, 6.45) is 6.19. The van der Waals surface area contributed by atoms with Crippen molar-refractivity contribution in [3.63, 3.8) is 0 Å². The van der Waals surface area contributed by atoms with Crippen molar-refractivity contribution in [2.45, 2.75) is 56.1 Å². The van der Waals surface area contributed by atoms with Gasteiger partial charge < -0.3 is 29.3 Å². The van der Waals surface area contributed by atoms with Crippen molar-refractivity contribution >= 4 is 41.0 Å². The molecule has 2 saturated heterocycles. The van der Waals surface area contributed by atoms with Gasteiger partial charge in [-0.2, -0.15) is 0 Å². The molecular weight excluding hydrogens is 610 g/mol. The molecular formula is C35H38ClN3O7. The molecule has 3 amide bonds. The number of amides is 3. The average molecular weight is 648 g/mol. The Labute approximate surface area is 273 Å². The first-order valence-corrected chi connectivity index (χ1v) is 16.1. The van der Waals surface area contributed by atoms with Crippen LogP contribution >= 0.6 is 11.6 Å². The second-order valence-electron chi connectivity index (χ2n) is 12.2. The molecule has 2 aromatic carbocycles. The quantitative estimate of drug-likeness (QED) is 0.389. The van der Waals surface area contributed by atoms with E-state index in [1.54, 1.807) is 60.5 Å². The highest BCUT2D eigenvalue weighted by atomic mass is 35.5. The Kier molecular flexibility index (Phi) is 9.05. The molecule has 2 fully saturated rings. The summed E-state index contributed by atoms with van der Waals surface area (Å²) < 4.78 is 13.0. The summed E-state index contributed by atoms with van der Waals surface area (Å²) in [6.45, 7) is 1.91. The van der Waals surface area contributed by atoms with E-state index < -0.39 is 59.5 Å². The summed E-state index contributed by atoms with van der Waals surface area (Å²) in [7, 11) is 1.69. The van der Waals surface area contributed by atoms with Crippen LogP contribution < -0.4 is 4.90 Å². The molecule has 2 aromatic rings. The number of carbonyl (C=O) groups excluding carboxylic acids is 4. The molecule has 242 valence electrons. The third-order valence-corrected chi connectivity index (χ3v) is 9.95. The Morgan fingerprint density at radius 2 is 1.74 bits per heavy atom. The van der Waals surface area contributed by atoms with Gasteiger partial charge in [0.2, 0.25) is 11.8 Å². The van der Waals surface area contributed by atoms with Gasteiger partial charge in [-0.25, -0.2) is 0 Å². The van der Waals surface area contributed by atoms with Crippen LogP contribution in [0.2, 0.25) is 5.02 Å². The minimum atomic E-state index is -1.49. The molecule has 4 heterocycles. The van der Waals surface area contributed by atoms with Gasteiger partial charge in [-0.1, -0.05) is 78.4 Å². The number of cyclic esters (lactones) is 1. The lowest BCUT2D eigenvalue weighted by atomic mass is 9.77. The molecule has 4 aliphatic rings. The number of likely N-dealkylation sites (N-methyl/N-ethyl adjacent to an activating group) is 1. The first kappa shape index (κ1) is 32.0. The predicted octanol–water partition coefficient (Wildman–Crippen LogP) is 3.69. The Morgan fingerprint density at radius 3 is 2.48 bits per heavy atom. The molecule has 1 spiro atoms. The van der Waals surface area contributed by atoms with Crippen LogP contribution in [0.3, 0.4) is 0 Å². The molecule has 6 rings (SSSR count). The van der Waals surface area contributed by atoms with Crippen LogP contribution in [0.1, 0.15) is 37.9 Å². The number of halogens is 1. The van der Waals surface area contributed by atoms with Crippen molar-refractivity contribution < 1.29 is 33.8 Å². The van der Waals surface area contributed by atoms with Gasteiger partial charge in [0.25, 0.3) is 5.91 Å². The van der Waals surface area contributed by atoms with E-state index in [-0.39, 0.29) is 38.4 Å². The smallest absolute Gasteiger partial charge is 0.313 e. The van der Waals surface area contributed by atoms with Gasteiger partial charge >= 0.3 is 5.97 Å². The molecule has 0 unspecified atom stereocenters. The largest absolute Gasteiger partial charge is 0.455 e. The normalized spacial score (nSPS) is 32.2. The van der Waals surface area contributed by atoms with Gasteiger partial charge in [0.05, 0.1) is 28.8 Å². The molecule has 4 aliphatic heterocycles. The zero-order valence-corrected chi connectivity index (χ0v) is 26.6. The number of ether oxygens (including phenoxy) is 2. The molecule has 0 radical (unpaired) electrons. The maximum atomic E-state index is 14.5. The Morgan fingerprint density at radius 1 is 1.00 bits per heavy atom. The van der Waals surface area contributed by atoms with E-state index in [9.17, 15) is 24.3 Å². The van der Waals surface area contributed by atoms with Crippen LogP contribution in [0.15, 0.2) is 78.9 Å². The summed E-state index contributed by atoms with van der Waals surface area (Å²) >= 11 is 6.53. The number of fused-ring (bicyclic) bond motifs is 2. The van der Waals surface area contributed by atoms with Gasteiger partial charge in [0.15, 0.2) is 0 Å². The number of aliphatic hydroxyl groups excluding tert-OH is 1. The summed E-state index contributed by atoms with van der Waals surface area (Å²) in [5.41, 5.74) is -0.286. The molecule has 0 saturated carbocycles. The van der Waals surface area contributed by atoms with Crippen molar-refractivity contribution in [1.29, 1.82) is 0 Å². The van der Waals surface area contributed by atoms with Gasteiger partial charge in [-0.15, -0.1) is 0 Å². The van der Waals surface area contributed by atoms with Crippen molar-refractivity contribution in [3.8, 4) is 0 Å². The second-order valence-corrected chi connectivity index (χ2v) is 12.6. The number of benzene rings is 2. The number of esters is 1. The third kappa shape index (κ3) is 5.42. The van der Waals surface area contributed by atoms with Crippen molar-refractivity contribution in [3.05, 3.63) is 89.5 Å². The Balaban J connectivity index is 1.45. The van der Waals surface area contributed by atoms with Gasteiger partial charge in [-0.3, -0.25) is 19.2 Å². The van der Waals surface area contributed by atoms with Crippen molar-refractivity contribution in [2.75, 3.05) is 31.6 Å². The highest BCUT2D eigenvalue weighted by Gasteiger charge is 2.71. The van der Waals surface area contributed by atoms with Crippen molar-refractivity contribution in [2.24, 2.45) is 11.8 Å². The van der Waals surface area contributed by atoms with Crippen molar-refractivity contribution in [1.82, 2.24) is 9.80 Å². The summed E-state index contributed by atoms with van der Waals surface area (Å²) in [5.74, 6) is -3.71. The molecule has 0 bridgehead atoms. The molecule has 1 N–H and O–H groups in total. The van der Waals surface area contributed by atoms with E-state index in [0.717, 1.165) is 0 Å². The fraction of sp³-hybridized carbons (Fsp3) is 0.429. The van der Waals surface area contributed by atoms with Gasteiger partial charge in [0, 0.05) is 33.2 Å². The Bertz CT molecular complexity index is 1560. The van der Waals surface area contributed by atoms with Crippen LogP contribution in [0.25, 0.3) is 0 Å². The standard InChI is InChI=1S/C35H38ClN3O7/c1-22-30(23-12-4-3-5-13-23)45-34(44)28-26(16-8-9-17-27(41)37(22)2)46-35-18-10-19-38(25-15-7-6-14-24(25)36)33(43)31(35)39(20-11-21-40)32(42)29(28)35/h3-8,10,12-16,18,22,26,28-31,40H,9,11,17,19-21H2,1-2H3/b16-8-/t22-,26-,28+,29+,30+,31-,35+/m0/s1. The highest BCUT2D eigenvalue weighted by Crippen LogP contribution is 2.53. The first-order valence-electron chi connectivity index (χ1n) is 15.7. The van der Waals surface area contributed by atoms with Crippen LogP contribution in [-0.4, -0.2) is 89.1 Å². The van der Waals surface area contributed by atoms with E-state index in [4.69, 9.17) is 21.1 Å². The maximum absolute atomic E-state index is 14.5. The third-order valence-electron chi connectivity index (χ3n) is 9.63. The number of allylic oxidation sites excluding steroid dienone is 1. The zero-order valence-electron chi connectivity index (χ0n) is 25.8. The number of anilines is 1. The molecule has 46 heavy (non-hydrogen) atoms. The van der Waals surface area contributed by atoms with Crippen LogP contribution in [0.4, 0.5) is 5.69 Å². The number of rotatable bonds is 5. The lowest BCUT2D eigenvalue weighted by Gasteiger charge is -2.35. The molecule has 0 aliphatic carbocycles. The monoisotopic (exact) mass is 647 g/mol. The molecule has 11 heteroatoms. The van der Waals surface area contributed by atoms with E-state index in [1.165, 1.54) is 9.80 Å². The van der Waals surface area contributed by atoms with Gasteiger partial charge in [0.1, 0.15) is 23.7 Å². The number of hydrogen-bond acceptors (Lipinski definition) is 7. The lowest BCUT2D eigenvalue weighted by Crippen LogP contribution is -2.55. The average Bonchev–Trinajstić information content (AvgIpc) is 3.44. The number of aliphatic hydroxyl groups is 1.